The summed E-state index contributed by atoms with van der Waals surface area (Å²) in [5.41, 5.74) is 0. The molecule has 2 N–H and O–H groups in total. The van der Waals surface area contributed by atoms with E-state index in [-0.39, 0.29) is 18.4 Å². The summed E-state index contributed by atoms with van der Waals surface area (Å²) >= 11 is 0. The molecule has 0 unspecified atom stereocenters. The van der Waals surface area contributed by atoms with Gasteiger partial charge in [-0.2, -0.15) is 0 Å². The molecule has 0 aliphatic rings. The molecule has 0 aliphatic carbocycles. The van der Waals surface area contributed by atoms with Gasteiger partial charge in [0.25, 0.3) is 0 Å². The molecule has 0 saturated carbocycles. The highest BCUT2D eigenvalue weighted by atomic mass is 32.2. The summed E-state index contributed by atoms with van der Waals surface area (Å²) in [6.07, 6.45) is 0. The lowest BCUT2D eigenvalue weighted by atomic mass is 10.4. The molecule has 62 valence electrons. The third kappa shape index (κ3) is 3.81. The van der Waals surface area contributed by atoms with E-state index in [0.717, 1.165) is 0 Å². The molecular weight excluding hydrogens is 154 g/mol. The van der Waals surface area contributed by atoms with E-state index < -0.39 is 10.0 Å². The second-order valence-corrected chi connectivity index (χ2v) is 4.15. The number of hydrogen-bond donors (Lipinski definition) is 2. The number of nitrogens with one attached hydrogen (secondary N) is 1. The lowest BCUT2D eigenvalue weighted by Gasteiger charge is -2.08. The van der Waals surface area contributed by atoms with Crippen LogP contribution in [0.5, 0.6) is 0 Å². The summed E-state index contributed by atoms with van der Waals surface area (Å²) in [5, 5.41) is 8.47. The largest absolute Gasteiger partial charge is 0.395 e. The Morgan fingerprint density at radius 2 is 2.10 bits per heavy atom. The van der Waals surface area contributed by atoms with Gasteiger partial charge in [-0.1, -0.05) is 0 Å². The Bertz CT molecular complexity index is 175. The highest BCUT2D eigenvalue weighted by Gasteiger charge is 2.09. The van der Waals surface area contributed by atoms with Crippen LogP contribution in [0, 0.1) is 0 Å². The van der Waals surface area contributed by atoms with Gasteiger partial charge in [0.05, 0.1) is 12.4 Å². The molecule has 0 aliphatic heterocycles. The Morgan fingerprint density at radius 3 is 2.40 bits per heavy atom. The number of aliphatic hydroxyl groups is 1. The van der Waals surface area contributed by atoms with Crippen LogP contribution in [0.25, 0.3) is 0 Å². The van der Waals surface area contributed by atoms with Crippen LogP contribution in [0.1, 0.15) is 13.8 Å². The lowest BCUT2D eigenvalue weighted by molar-refractivity contribution is 0.265. The predicted octanol–water partition coefficient (Wildman–Crippen LogP) is -0.694. The summed E-state index contributed by atoms with van der Waals surface area (Å²) in [7, 11) is -3.14. The van der Waals surface area contributed by atoms with Crippen molar-refractivity contribution in [3.8, 4) is 0 Å². The minimum Gasteiger partial charge on any atom is -0.395 e. The van der Waals surface area contributed by atoms with Crippen molar-refractivity contribution >= 4 is 10.0 Å². The van der Waals surface area contributed by atoms with Crippen molar-refractivity contribution < 1.29 is 13.5 Å². The van der Waals surface area contributed by atoms with Gasteiger partial charge in [0.15, 0.2) is 0 Å². The minimum atomic E-state index is -3.14. The summed E-state index contributed by atoms with van der Waals surface area (Å²) in [4.78, 5) is 0. The first kappa shape index (κ1) is 9.87. The highest BCUT2D eigenvalue weighted by molar-refractivity contribution is 7.89. The van der Waals surface area contributed by atoms with Crippen molar-refractivity contribution in [2.45, 2.75) is 19.9 Å². The fourth-order valence-electron chi connectivity index (χ4n) is 0.427. The second kappa shape index (κ2) is 3.90. The Kier molecular flexibility index (Phi) is 3.85. The molecule has 0 amide bonds. The third-order valence-corrected chi connectivity index (χ3v) is 2.56. The summed E-state index contributed by atoms with van der Waals surface area (Å²) in [6.45, 7) is 2.98. The van der Waals surface area contributed by atoms with Gasteiger partial charge in [-0.15, -0.1) is 0 Å². The first-order chi connectivity index (χ1) is 4.52. The summed E-state index contributed by atoms with van der Waals surface area (Å²) in [5.74, 6) is 0.0529. The standard InChI is InChI=1S/C5H13NO3S/c1-3-10(8,9)6-5(2)4-7/h5-7H,3-4H2,1-2H3/t5-/m1/s1. The van der Waals surface area contributed by atoms with Gasteiger partial charge in [-0.25, -0.2) is 13.1 Å². The van der Waals surface area contributed by atoms with E-state index in [1.165, 1.54) is 0 Å². The quantitative estimate of drug-likeness (QED) is 0.582. The molecule has 0 heterocycles. The molecular formula is C5H13NO3S. The minimum absolute atomic E-state index is 0.0529. The Morgan fingerprint density at radius 1 is 1.60 bits per heavy atom. The van der Waals surface area contributed by atoms with Crippen molar-refractivity contribution in [3.63, 3.8) is 0 Å². The Labute approximate surface area is 61.3 Å². The van der Waals surface area contributed by atoms with Gasteiger partial charge in [0.1, 0.15) is 0 Å². The zero-order valence-corrected chi connectivity index (χ0v) is 6.98. The molecule has 0 aromatic carbocycles. The highest BCUT2D eigenvalue weighted by Crippen LogP contribution is 1.86. The molecule has 0 aromatic rings. The molecule has 10 heavy (non-hydrogen) atoms. The van der Waals surface area contributed by atoms with Crippen LogP contribution in [0.2, 0.25) is 0 Å². The maximum Gasteiger partial charge on any atom is 0.211 e. The smallest absolute Gasteiger partial charge is 0.211 e. The van der Waals surface area contributed by atoms with Gasteiger partial charge in [0.2, 0.25) is 10.0 Å². The van der Waals surface area contributed by atoms with Gasteiger partial charge in [-0.05, 0) is 13.8 Å². The molecule has 4 nitrogen and oxygen atoms in total. The van der Waals surface area contributed by atoms with Crippen LogP contribution in [-0.2, 0) is 10.0 Å². The molecule has 5 heteroatoms. The van der Waals surface area contributed by atoms with E-state index in [9.17, 15) is 8.42 Å². The predicted molar refractivity (Wildman–Crippen MR) is 39.1 cm³/mol. The Hall–Kier alpha value is -0.130. The molecule has 0 radical (unpaired) electrons. The first-order valence-electron chi connectivity index (χ1n) is 3.12. The zero-order valence-electron chi connectivity index (χ0n) is 6.16. The van der Waals surface area contributed by atoms with Crippen LogP contribution in [0.15, 0.2) is 0 Å². The summed E-state index contributed by atoms with van der Waals surface area (Å²) < 4.78 is 23.8. The summed E-state index contributed by atoms with van der Waals surface area (Å²) in [6, 6.07) is -0.384. The molecule has 0 saturated heterocycles. The number of rotatable bonds is 4. The number of sulfonamides is 1. The van der Waals surface area contributed by atoms with Crippen LogP contribution >= 0.6 is 0 Å². The monoisotopic (exact) mass is 167 g/mol. The maximum absolute atomic E-state index is 10.7. The van der Waals surface area contributed by atoms with Gasteiger partial charge < -0.3 is 5.11 Å². The van der Waals surface area contributed by atoms with Crippen molar-refractivity contribution in [2.24, 2.45) is 0 Å². The van der Waals surface area contributed by atoms with Crippen molar-refractivity contribution in [1.29, 1.82) is 0 Å². The van der Waals surface area contributed by atoms with Crippen molar-refractivity contribution in [2.75, 3.05) is 12.4 Å². The van der Waals surface area contributed by atoms with Crippen LogP contribution in [0.4, 0.5) is 0 Å². The topological polar surface area (TPSA) is 66.4 Å². The SMILES string of the molecule is CCS(=O)(=O)N[C@H](C)CO. The zero-order chi connectivity index (χ0) is 8.20. The Balaban J connectivity index is 3.90. The number of hydrogen-bond acceptors (Lipinski definition) is 3. The number of aliphatic hydroxyl groups excluding tert-OH is 1. The molecule has 0 aromatic heterocycles. The van der Waals surface area contributed by atoms with E-state index in [1.807, 2.05) is 0 Å². The fraction of sp³-hybridized carbons (Fsp3) is 1.00. The third-order valence-electron chi connectivity index (χ3n) is 1.03. The first-order valence-corrected chi connectivity index (χ1v) is 4.78. The molecule has 0 rings (SSSR count). The maximum atomic E-state index is 10.7. The lowest BCUT2D eigenvalue weighted by Crippen LogP contribution is -2.35. The fourth-order valence-corrected chi connectivity index (χ4v) is 1.28. The normalized spacial score (nSPS) is 15.1. The van der Waals surface area contributed by atoms with Gasteiger partial charge in [-0.3, -0.25) is 0 Å². The average Bonchev–Trinajstić information content (AvgIpc) is 1.87. The van der Waals surface area contributed by atoms with E-state index in [0.29, 0.717) is 0 Å². The van der Waals surface area contributed by atoms with Crippen molar-refractivity contribution in [3.05, 3.63) is 0 Å². The molecule has 0 bridgehead atoms. The van der Waals surface area contributed by atoms with E-state index in [4.69, 9.17) is 5.11 Å². The molecule has 1 atom stereocenters. The molecule has 0 fully saturated rings. The van der Waals surface area contributed by atoms with Crippen LogP contribution in [-0.4, -0.2) is 31.9 Å². The van der Waals surface area contributed by atoms with E-state index in [1.54, 1.807) is 13.8 Å². The van der Waals surface area contributed by atoms with Crippen LogP contribution < -0.4 is 4.72 Å². The van der Waals surface area contributed by atoms with Crippen molar-refractivity contribution in [1.82, 2.24) is 4.72 Å². The van der Waals surface area contributed by atoms with E-state index >= 15 is 0 Å². The van der Waals surface area contributed by atoms with Crippen LogP contribution in [0.3, 0.4) is 0 Å². The second-order valence-electron chi connectivity index (χ2n) is 2.10. The van der Waals surface area contributed by atoms with Gasteiger partial charge >= 0.3 is 0 Å². The van der Waals surface area contributed by atoms with E-state index in [2.05, 4.69) is 4.72 Å². The van der Waals surface area contributed by atoms with Gasteiger partial charge in [0, 0.05) is 6.04 Å². The molecule has 0 spiro atoms. The average molecular weight is 167 g/mol.